The fraction of sp³-hybridized carbons (Fsp3) is 0. The molecule has 11 rings (SSSR count). The molecular weight excluding hydrogens is 580 g/mol. The molecule has 0 amide bonds. The quantitative estimate of drug-likeness (QED) is 0.202. The predicted molar refractivity (Wildman–Crippen MR) is 188 cm³/mol. The highest BCUT2D eigenvalue weighted by Crippen LogP contribution is 2.38. The van der Waals surface area contributed by atoms with E-state index in [9.17, 15) is 0 Å². The highest BCUT2D eigenvalue weighted by atomic mass is 16.3. The van der Waals surface area contributed by atoms with Crippen molar-refractivity contribution in [1.29, 1.82) is 0 Å². The van der Waals surface area contributed by atoms with E-state index in [4.69, 9.17) is 14.4 Å². The molecule has 7 nitrogen and oxygen atoms in total. The number of para-hydroxylation sites is 5. The monoisotopic (exact) mass is 604 g/mol. The van der Waals surface area contributed by atoms with E-state index >= 15 is 0 Å². The highest BCUT2D eigenvalue weighted by Gasteiger charge is 2.23. The lowest BCUT2D eigenvalue weighted by Crippen LogP contribution is -1.94. The Hall–Kier alpha value is -6.60. The van der Waals surface area contributed by atoms with Crippen molar-refractivity contribution in [2.45, 2.75) is 0 Å². The molecule has 0 saturated heterocycles. The molecule has 0 radical (unpaired) electrons. The minimum Gasteiger partial charge on any atom is -0.437 e. The lowest BCUT2D eigenvalue weighted by Gasteiger charge is -2.06. The van der Waals surface area contributed by atoms with Gasteiger partial charge in [-0.05, 0) is 83.9 Å². The van der Waals surface area contributed by atoms with Gasteiger partial charge >= 0.3 is 0 Å². The van der Waals surface area contributed by atoms with Crippen LogP contribution in [0.2, 0.25) is 0 Å². The Bertz CT molecular complexity index is 3010. The number of fused-ring (bicyclic) bond motifs is 12. The molecule has 11 aromatic rings. The van der Waals surface area contributed by atoms with Gasteiger partial charge in [0.05, 0.1) is 33.1 Å². The topological polar surface area (TPSA) is 57.6 Å². The Morgan fingerprint density at radius 1 is 0.447 bits per heavy atom. The number of hydrogen-bond acceptors (Lipinski definition) is 3. The van der Waals surface area contributed by atoms with E-state index in [1.165, 1.54) is 0 Å². The predicted octanol–water partition coefficient (Wildman–Crippen LogP) is 9.59. The molecule has 220 valence electrons. The molecule has 7 heteroatoms. The third-order valence-electron chi connectivity index (χ3n) is 9.38. The molecule has 47 heavy (non-hydrogen) atoms. The first-order valence-corrected chi connectivity index (χ1v) is 15.7. The van der Waals surface area contributed by atoms with Gasteiger partial charge < -0.3 is 4.42 Å². The number of hydrogen-bond donors (Lipinski definition) is 0. The van der Waals surface area contributed by atoms with E-state index in [0.717, 1.165) is 89.4 Å². The molecular formula is C40H24N6O. The minimum atomic E-state index is 0.790. The normalized spacial score (nSPS) is 12.3. The second-order valence-corrected chi connectivity index (χ2v) is 12.0. The van der Waals surface area contributed by atoms with E-state index in [-0.39, 0.29) is 0 Å². The van der Waals surface area contributed by atoms with Crippen LogP contribution in [0.5, 0.6) is 0 Å². The van der Waals surface area contributed by atoms with Crippen LogP contribution >= 0.6 is 0 Å². The molecule has 0 fully saturated rings. The van der Waals surface area contributed by atoms with Crippen LogP contribution in [-0.4, -0.2) is 27.9 Å². The number of furan rings is 1. The molecule has 0 saturated carbocycles. The van der Waals surface area contributed by atoms with Crippen molar-refractivity contribution in [3.05, 3.63) is 146 Å². The average Bonchev–Trinajstić information content (AvgIpc) is 3.91. The standard InChI is InChI=1S/C40H24N6O/c1-3-11-27(12-4-1)43-34-22-20-26(24-35(34)45-32-17-9-8-16-30(32)41-39(43)45)25-19-21-33-31(23-25)42-40-44(28-13-5-2-6-14-28)37-29-15-7-10-18-36(29)47-38(37)46(33)40/h1-24H. The molecule has 6 aromatic carbocycles. The van der Waals surface area contributed by atoms with Crippen LogP contribution in [0.15, 0.2) is 150 Å². The Morgan fingerprint density at radius 3 is 1.89 bits per heavy atom. The van der Waals surface area contributed by atoms with Crippen molar-refractivity contribution >= 4 is 66.9 Å². The first kappa shape index (κ1) is 24.7. The van der Waals surface area contributed by atoms with Crippen molar-refractivity contribution in [1.82, 2.24) is 27.9 Å². The molecule has 0 unspecified atom stereocenters. The minimum absolute atomic E-state index is 0.790. The van der Waals surface area contributed by atoms with Crippen LogP contribution in [0.4, 0.5) is 0 Å². The van der Waals surface area contributed by atoms with E-state index < -0.39 is 0 Å². The summed E-state index contributed by atoms with van der Waals surface area (Å²) in [7, 11) is 0. The largest absolute Gasteiger partial charge is 0.437 e. The Labute approximate surface area is 266 Å². The summed E-state index contributed by atoms with van der Waals surface area (Å²) in [5.74, 6) is 1.72. The van der Waals surface area contributed by atoms with Crippen molar-refractivity contribution in [2.24, 2.45) is 0 Å². The summed E-state index contributed by atoms with van der Waals surface area (Å²) in [6, 6.07) is 50.6. The highest BCUT2D eigenvalue weighted by molar-refractivity contribution is 6.06. The number of benzene rings is 6. The van der Waals surface area contributed by atoms with E-state index in [0.29, 0.717) is 0 Å². The molecule has 0 bridgehead atoms. The molecule has 5 aromatic heterocycles. The lowest BCUT2D eigenvalue weighted by molar-refractivity contribution is 0.651. The van der Waals surface area contributed by atoms with Gasteiger partial charge in [0, 0.05) is 16.8 Å². The van der Waals surface area contributed by atoms with Gasteiger partial charge in [0.15, 0.2) is 0 Å². The van der Waals surface area contributed by atoms with Crippen molar-refractivity contribution in [2.75, 3.05) is 0 Å². The summed E-state index contributed by atoms with van der Waals surface area (Å²) < 4.78 is 15.4. The second kappa shape index (κ2) is 8.99. The third kappa shape index (κ3) is 3.29. The maximum absolute atomic E-state index is 6.50. The molecule has 0 N–H and O–H groups in total. The van der Waals surface area contributed by atoms with Crippen molar-refractivity contribution in [3.8, 4) is 22.5 Å². The molecule has 0 atom stereocenters. The zero-order valence-electron chi connectivity index (χ0n) is 24.9. The zero-order valence-corrected chi connectivity index (χ0v) is 24.9. The van der Waals surface area contributed by atoms with Gasteiger partial charge in [0.25, 0.3) is 0 Å². The SMILES string of the molecule is c1ccc(-n2c3ccc(-c4ccc5c(c4)nc4n(-c6ccccc6)c6c7ccccc7oc6n54)cc3n3c4ccccc4nc23)cc1. The van der Waals surface area contributed by atoms with Crippen LogP contribution < -0.4 is 0 Å². The number of rotatable bonds is 3. The Morgan fingerprint density at radius 2 is 1.06 bits per heavy atom. The molecule has 5 heterocycles. The first-order chi connectivity index (χ1) is 23.3. The van der Waals surface area contributed by atoms with Crippen LogP contribution in [0, 0.1) is 0 Å². The third-order valence-corrected chi connectivity index (χ3v) is 9.38. The van der Waals surface area contributed by atoms with Gasteiger partial charge in [-0.3, -0.25) is 13.5 Å². The van der Waals surface area contributed by atoms with Gasteiger partial charge in [-0.25, -0.2) is 14.4 Å². The fourth-order valence-corrected chi connectivity index (χ4v) is 7.32. The summed E-state index contributed by atoms with van der Waals surface area (Å²) in [6.07, 6.45) is 0. The molecule has 0 aliphatic carbocycles. The molecule has 0 aliphatic heterocycles. The van der Waals surface area contributed by atoms with Crippen molar-refractivity contribution in [3.63, 3.8) is 0 Å². The average molecular weight is 605 g/mol. The maximum atomic E-state index is 6.50. The Kier molecular flexibility index (Phi) is 4.72. The summed E-state index contributed by atoms with van der Waals surface area (Å²) in [4.78, 5) is 10.3. The van der Waals surface area contributed by atoms with Crippen LogP contribution in [-0.2, 0) is 0 Å². The van der Waals surface area contributed by atoms with Gasteiger partial charge in [0.1, 0.15) is 11.1 Å². The molecule has 0 aliphatic rings. The van der Waals surface area contributed by atoms with Gasteiger partial charge in [-0.1, -0.05) is 72.8 Å². The summed E-state index contributed by atoms with van der Waals surface area (Å²) in [6.45, 7) is 0. The van der Waals surface area contributed by atoms with E-state index in [1.54, 1.807) is 0 Å². The summed E-state index contributed by atoms with van der Waals surface area (Å²) >= 11 is 0. The van der Waals surface area contributed by atoms with E-state index in [2.05, 4.69) is 133 Å². The fourth-order valence-electron chi connectivity index (χ4n) is 7.32. The lowest BCUT2D eigenvalue weighted by atomic mass is 10.0. The second-order valence-electron chi connectivity index (χ2n) is 12.0. The zero-order chi connectivity index (χ0) is 30.6. The number of aromatic nitrogens is 6. The van der Waals surface area contributed by atoms with Crippen LogP contribution in [0.1, 0.15) is 0 Å². The smallest absolute Gasteiger partial charge is 0.232 e. The summed E-state index contributed by atoms with van der Waals surface area (Å²) in [5.41, 5.74) is 13.2. The first-order valence-electron chi connectivity index (χ1n) is 15.7. The maximum Gasteiger partial charge on any atom is 0.232 e. The number of nitrogens with zero attached hydrogens (tertiary/aromatic N) is 6. The summed E-state index contributed by atoms with van der Waals surface area (Å²) in [5, 5.41) is 1.07. The Balaban J connectivity index is 1.16. The van der Waals surface area contributed by atoms with Gasteiger partial charge in [-0.2, -0.15) is 0 Å². The van der Waals surface area contributed by atoms with Crippen LogP contribution in [0.25, 0.3) is 89.4 Å². The van der Waals surface area contributed by atoms with E-state index in [1.807, 2.05) is 30.3 Å². The van der Waals surface area contributed by atoms with Gasteiger partial charge in [0.2, 0.25) is 17.3 Å². The van der Waals surface area contributed by atoms with Crippen LogP contribution in [0.3, 0.4) is 0 Å². The molecule has 0 spiro atoms. The number of imidazole rings is 4. The van der Waals surface area contributed by atoms with Gasteiger partial charge in [-0.15, -0.1) is 0 Å². The van der Waals surface area contributed by atoms with Crippen molar-refractivity contribution < 1.29 is 4.42 Å².